The predicted octanol–water partition coefficient (Wildman–Crippen LogP) is 4.54. The Hall–Kier alpha value is -2.58. The summed E-state index contributed by atoms with van der Waals surface area (Å²) < 4.78 is 9.82. The Morgan fingerprint density at radius 1 is 1.27 bits per heavy atom. The van der Waals surface area contributed by atoms with E-state index in [9.17, 15) is 4.79 Å². The molecule has 2 unspecified atom stereocenters. The third-order valence-electron chi connectivity index (χ3n) is 6.39. The minimum atomic E-state index is -0.515. The van der Waals surface area contributed by atoms with Crippen molar-refractivity contribution in [1.29, 1.82) is 0 Å². The fourth-order valence-electron chi connectivity index (χ4n) is 4.20. The molecule has 204 valence electrons. The molecule has 0 aromatic heterocycles. The number of carbonyl (C=O) groups excluding carboxylic acids is 1. The van der Waals surface area contributed by atoms with Crippen LogP contribution in [0.3, 0.4) is 0 Å². The molecule has 0 aliphatic carbocycles. The van der Waals surface area contributed by atoms with E-state index in [4.69, 9.17) is 21.4 Å². The van der Waals surface area contributed by atoms with Crippen molar-refractivity contribution in [1.82, 2.24) is 16.0 Å². The Balaban J connectivity index is 0.000000521. The number of hydrogen-bond donors (Lipinski definition) is 4. The highest BCUT2D eigenvalue weighted by Gasteiger charge is 2.18. The average molecular weight is 532 g/mol. The summed E-state index contributed by atoms with van der Waals surface area (Å²) in [5.41, 5.74) is 5.90. The molecule has 1 fully saturated rings. The topological polar surface area (TPSA) is 91.8 Å². The number of aliphatic hydroxyl groups is 1. The third-order valence-corrected chi connectivity index (χ3v) is 6.63. The number of carbonyl (C=O) groups is 1. The van der Waals surface area contributed by atoms with E-state index in [1.54, 1.807) is 0 Å². The van der Waals surface area contributed by atoms with Crippen LogP contribution in [-0.2, 0) is 15.9 Å². The van der Waals surface area contributed by atoms with Crippen LogP contribution >= 0.6 is 11.6 Å². The lowest BCUT2D eigenvalue weighted by molar-refractivity contribution is 0.0480. The molecule has 0 radical (unpaired) electrons. The van der Waals surface area contributed by atoms with E-state index in [-0.39, 0.29) is 13.2 Å². The zero-order valence-corrected chi connectivity index (χ0v) is 23.1. The summed E-state index contributed by atoms with van der Waals surface area (Å²) in [7, 11) is 3.31. The van der Waals surface area contributed by atoms with Gasteiger partial charge < -0.3 is 30.5 Å². The highest BCUT2D eigenvalue weighted by molar-refractivity contribution is 6.30. The molecule has 2 atom stereocenters. The predicted molar refractivity (Wildman–Crippen MR) is 151 cm³/mol. The van der Waals surface area contributed by atoms with Gasteiger partial charge in [0.15, 0.2) is 0 Å². The van der Waals surface area contributed by atoms with Crippen LogP contribution in [0.2, 0.25) is 5.02 Å². The molecule has 0 saturated carbocycles. The number of methoxy groups -OCH3 is 1. The van der Waals surface area contributed by atoms with E-state index in [0.29, 0.717) is 12.0 Å². The Kier molecular flexibility index (Phi) is 14.1. The number of amides is 1. The molecule has 1 saturated heterocycles. The first-order valence-electron chi connectivity index (χ1n) is 12.8. The van der Waals surface area contributed by atoms with Crippen LogP contribution < -0.4 is 16.0 Å². The molecule has 2 aromatic carbocycles. The number of ether oxygens (including phenoxy) is 2. The summed E-state index contributed by atoms with van der Waals surface area (Å²) in [6.45, 7) is 9.26. The summed E-state index contributed by atoms with van der Waals surface area (Å²) in [5.74, 6) is 0.653. The summed E-state index contributed by atoms with van der Waals surface area (Å²) >= 11 is 6.18. The SMILES string of the molecule is C=C(NCC(CC1CCCOC1)NC)c1cccc(Cc2cc(Cl)ccc2C)c1.COC(=O)NCCO. The molecule has 0 bridgehead atoms. The first kappa shape index (κ1) is 30.6. The molecule has 0 spiro atoms. The second-order valence-electron chi connectivity index (χ2n) is 9.25. The minimum absolute atomic E-state index is 0.0604. The molecule has 8 heteroatoms. The molecule has 1 aliphatic rings. The Bertz CT molecular complexity index is 979. The van der Waals surface area contributed by atoms with Crippen LogP contribution in [0.15, 0.2) is 49.0 Å². The van der Waals surface area contributed by atoms with Gasteiger partial charge >= 0.3 is 6.09 Å². The number of likely N-dealkylation sites (N-methyl/N-ethyl adjacent to an activating group) is 1. The Morgan fingerprint density at radius 2 is 2.08 bits per heavy atom. The van der Waals surface area contributed by atoms with E-state index < -0.39 is 6.09 Å². The maximum atomic E-state index is 10.1. The van der Waals surface area contributed by atoms with Gasteiger partial charge in [0.2, 0.25) is 0 Å². The van der Waals surface area contributed by atoms with Crippen molar-refractivity contribution in [3.8, 4) is 0 Å². The average Bonchev–Trinajstić information content (AvgIpc) is 2.92. The quantitative estimate of drug-likeness (QED) is 0.340. The third kappa shape index (κ3) is 11.6. The van der Waals surface area contributed by atoms with Crippen molar-refractivity contribution in [2.75, 3.05) is 47.1 Å². The first-order chi connectivity index (χ1) is 17.9. The molecule has 1 aliphatic heterocycles. The van der Waals surface area contributed by atoms with Gasteiger partial charge in [-0.05, 0) is 86.0 Å². The van der Waals surface area contributed by atoms with Crippen LogP contribution in [0.1, 0.15) is 41.5 Å². The Morgan fingerprint density at radius 3 is 2.76 bits per heavy atom. The van der Waals surface area contributed by atoms with Gasteiger partial charge in [-0.15, -0.1) is 0 Å². The zero-order valence-electron chi connectivity index (χ0n) is 22.3. The van der Waals surface area contributed by atoms with Crippen LogP contribution in [-0.4, -0.2) is 64.3 Å². The number of aryl methyl sites for hydroxylation is 1. The van der Waals surface area contributed by atoms with Gasteiger partial charge in [0.05, 0.1) is 13.7 Å². The number of aliphatic hydroxyl groups excluding tert-OH is 1. The monoisotopic (exact) mass is 531 g/mol. The normalized spacial score (nSPS) is 15.6. The molecule has 3 rings (SSSR count). The zero-order chi connectivity index (χ0) is 27.0. The van der Waals surface area contributed by atoms with Gasteiger partial charge in [-0.3, -0.25) is 0 Å². The van der Waals surface area contributed by atoms with Gasteiger partial charge in [0.25, 0.3) is 0 Å². The fraction of sp³-hybridized carbons (Fsp3) is 0.483. The summed E-state index contributed by atoms with van der Waals surface area (Å²) in [4.78, 5) is 10.1. The lowest BCUT2D eigenvalue weighted by Gasteiger charge is -2.27. The van der Waals surface area contributed by atoms with Gasteiger partial charge in [-0.2, -0.15) is 0 Å². The number of halogens is 1. The van der Waals surface area contributed by atoms with E-state index in [2.05, 4.69) is 70.6 Å². The summed E-state index contributed by atoms with van der Waals surface area (Å²) in [5, 5.41) is 18.2. The van der Waals surface area contributed by atoms with Crippen molar-refractivity contribution in [3.63, 3.8) is 0 Å². The van der Waals surface area contributed by atoms with Gasteiger partial charge in [0, 0.05) is 43.1 Å². The van der Waals surface area contributed by atoms with Gasteiger partial charge in [-0.25, -0.2) is 4.79 Å². The van der Waals surface area contributed by atoms with E-state index in [0.717, 1.165) is 48.9 Å². The number of nitrogens with one attached hydrogen (secondary N) is 3. The second-order valence-corrected chi connectivity index (χ2v) is 9.69. The molecular formula is C29H42ClN3O4. The van der Waals surface area contributed by atoms with Crippen LogP contribution in [0.5, 0.6) is 0 Å². The highest BCUT2D eigenvalue weighted by Crippen LogP contribution is 2.21. The van der Waals surface area contributed by atoms with Crippen LogP contribution in [0, 0.1) is 12.8 Å². The maximum absolute atomic E-state index is 10.1. The van der Waals surface area contributed by atoms with E-state index >= 15 is 0 Å². The molecule has 1 amide bonds. The number of rotatable bonds is 11. The van der Waals surface area contributed by atoms with E-state index in [1.165, 1.54) is 36.6 Å². The molecule has 2 aromatic rings. The minimum Gasteiger partial charge on any atom is -0.453 e. The maximum Gasteiger partial charge on any atom is 0.406 e. The summed E-state index contributed by atoms with van der Waals surface area (Å²) in [6.07, 6.45) is 3.93. The van der Waals surface area contributed by atoms with Crippen molar-refractivity contribution in [2.45, 2.75) is 38.6 Å². The number of benzene rings is 2. The van der Waals surface area contributed by atoms with Crippen molar-refractivity contribution in [2.24, 2.45) is 5.92 Å². The first-order valence-corrected chi connectivity index (χ1v) is 13.2. The highest BCUT2D eigenvalue weighted by atomic mass is 35.5. The van der Waals surface area contributed by atoms with Gasteiger partial charge in [0.1, 0.15) is 0 Å². The van der Waals surface area contributed by atoms with Crippen LogP contribution in [0.4, 0.5) is 4.79 Å². The van der Waals surface area contributed by atoms with E-state index in [1.807, 2.05) is 13.1 Å². The van der Waals surface area contributed by atoms with Gasteiger partial charge in [-0.1, -0.05) is 42.4 Å². The number of hydrogen-bond acceptors (Lipinski definition) is 6. The van der Waals surface area contributed by atoms with Crippen molar-refractivity contribution >= 4 is 23.4 Å². The second kappa shape index (κ2) is 17.0. The standard InChI is InChI=1S/C25H33ClN2O.C4H9NO3/c1-18-9-10-24(26)15-23(18)13-20-6-4-8-22(12-20)19(2)28-16-25(27-3)14-21-7-5-11-29-17-21;1-8-4(7)5-2-3-6/h4,6,8-10,12,15,21,25,27-28H,2,5,7,11,13-14,16-17H2,1,3H3;6H,2-3H2,1H3,(H,5,7). The Labute approximate surface area is 226 Å². The number of alkyl carbamates (subject to hydrolysis) is 1. The van der Waals surface area contributed by atoms with Crippen molar-refractivity contribution < 1.29 is 19.4 Å². The van der Waals surface area contributed by atoms with Crippen LogP contribution in [0.25, 0.3) is 5.70 Å². The summed E-state index contributed by atoms with van der Waals surface area (Å²) in [6, 6.07) is 15.1. The fourth-order valence-corrected chi connectivity index (χ4v) is 4.39. The lowest BCUT2D eigenvalue weighted by atomic mass is 9.94. The molecule has 7 nitrogen and oxygen atoms in total. The molecule has 1 heterocycles. The smallest absolute Gasteiger partial charge is 0.406 e. The molecule has 4 N–H and O–H groups in total. The molecule has 37 heavy (non-hydrogen) atoms. The van der Waals surface area contributed by atoms with Crippen molar-refractivity contribution in [3.05, 3.63) is 76.3 Å². The molecular weight excluding hydrogens is 490 g/mol. The largest absolute Gasteiger partial charge is 0.453 e. The lowest BCUT2D eigenvalue weighted by Crippen LogP contribution is -2.38.